The molecule has 0 bridgehead atoms. The Bertz CT molecular complexity index is 974. The van der Waals surface area contributed by atoms with Gasteiger partial charge < -0.3 is 14.1 Å². The number of pyridine rings is 2. The van der Waals surface area contributed by atoms with E-state index in [1.165, 1.54) is 6.42 Å². The average Bonchev–Trinajstić information content (AvgIpc) is 3.23. The number of nitrogens with zero attached hydrogens (tertiary/aromatic N) is 3. The summed E-state index contributed by atoms with van der Waals surface area (Å²) in [5.41, 5.74) is 1.92. The lowest BCUT2D eigenvalue weighted by Crippen LogP contribution is -2.38. The third-order valence-electron chi connectivity index (χ3n) is 5.47. The van der Waals surface area contributed by atoms with Gasteiger partial charge in [-0.05, 0) is 68.8 Å². The number of hydrogen-bond donors (Lipinski definition) is 1. The second-order valence-electron chi connectivity index (χ2n) is 7.34. The highest BCUT2D eigenvalue weighted by molar-refractivity contribution is 5.40. The minimum Gasteiger partial charge on any atom is -0.507 e. The van der Waals surface area contributed by atoms with Gasteiger partial charge in [0.2, 0.25) is 0 Å². The molecule has 0 spiro atoms. The first-order chi connectivity index (χ1) is 13.6. The molecule has 0 amide bonds. The van der Waals surface area contributed by atoms with Crippen molar-refractivity contribution in [1.29, 1.82) is 0 Å². The van der Waals surface area contributed by atoms with Crippen LogP contribution in [-0.4, -0.2) is 32.6 Å². The molecule has 1 aliphatic heterocycles. The van der Waals surface area contributed by atoms with Crippen LogP contribution in [0, 0.1) is 6.92 Å². The predicted molar refractivity (Wildman–Crippen MR) is 106 cm³/mol. The smallest absolute Gasteiger partial charge is 0.260 e. The number of aromatic hydroxyl groups is 1. The van der Waals surface area contributed by atoms with Gasteiger partial charge in [0, 0.05) is 18.1 Å². The van der Waals surface area contributed by atoms with Gasteiger partial charge in [0.05, 0.1) is 24.4 Å². The molecule has 0 radical (unpaired) electrons. The van der Waals surface area contributed by atoms with E-state index in [-0.39, 0.29) is 17.4 Å². The van der Waals surface area contributed by atoms with Gasteiger partial charge in [-0.15, -0.1) is 0 Å². The minimum atomic E-state index is -0.292. The second-order valence-corrected chi connectivity index (χ2v) is 7.34. The first kappa shape index (κ1) is 18.5. The molecule has 1 saturated heterocycles. The predicted octanol–water partition coefficient (Wildman–Crippen LogP) is 3.47. The lowest BCUT2D eigenvalue weighted by atomic mass is 9.95. The number of piperidine rings is 1. The molecule has 0 saturated carbocycles. The third kappa shape index (κ3) is 3.60. The first-order valence-corrected chi connectivity index (χ1v) is 9.75. The van der Waals surface area contributed by atoms with Crippen molar-refractivity contribution in [3.8, 4) is 5.75 Å². The zero-order valence-corrected chi connectivity index (χ0v) is 16.0. The standard InChI is InChI=1S/C22H25N3O3/c1-16-14-19(26)20(22(27)25(16)15-18-6-5-13-28-18)21(17-7-9-23-10-8-17)24-11-3-2-4-12-24/h5-10,13-14,21,26H,2-4,11-12,15H2,1H3/t21-/m1/s1. The summed E-state index contributed by atoms with van der Waals surface area (Å²) >= 11 is 0. The topological polar surface area (TPSA) is 71.5 Å². The molecular weight excluding hydrogens is 354 g/mol. The molecule has 0 unspecified atom stereocenters. The van der Waals surface area contributed by atoms with Crippen LogP contribution in [0.15, 0.2) is 58.2 Å². The molecular formula is C22H25N3O3. The lowest BCUT2D eigenvalue weighted by molar-refractivity contribution is 0.183. The van der Waals surface area contributed by atoms with E-state index in [1.807, 2.05) is 31.2 Å². The Morgan fingerprint density at radius 3 is 2.61 bits per heavy atom. The van der Waals surface area contributed by atoms with E-state index < -0.39 is 0 Å². The second kappa shape index (κ2) is 8.02. The van der Waals surface area contributed by atoms with Crippen molar-refractivity contribution in [1.82, 2.24) is 14.5 Å². The number of likely N-dealkylation sites (tertiary alicyclic amines) is 1. The normalized spacial score (nSPS) is 16.2. The Morgan fingerprint density at radius 2 is 1.93 bits per heavy atom. The maximum atomic E-state index is 13.5. The lowest BCUT2D eigenvalue weighted by Gasteiger charge is -2.35. The fourth-order valence-corrected chi connectivity index (χ4v) is 4.06. The third-order valence-corrected chi connectivity index (χ3v) is 5.47. The van der Waals surface area contributed by atoms with Gasteiger partial charge >= 0.3 is 0 Å². The number of furan rings is 1. The Balaban J connectivity index is 1.84. The highest BCUT2D eigenvalue weighted by Crippen LogP contribution is 2.34. The van der Waals surface area contributed by atoms with Crippen LogP contribution in [0.1, 0.15) is 47.9 Å². The fraction of sp³-hybridized carbons (Fsp3) is 0.364. The summed E-state index contributed by atoms with van der Waals surface area (Å²) in [5.74, 6) is 0.755. The summed E-state index contributed by atoms with van der Waals surface area (Å²) in [4.78, 5) is 19.9. The number of rotatable bonds is 5. The number of aryl methyl sites for hydroxylation is 1. The highest BCUT2D eigenvalue weighted by atomic mass is 16.3. The zero-order chi connectivity index (χ0) is 19.5. The monoisotopic (exact) mass is 379 g/mol. The van der Waals surface area contributed by atoms with Crippen LogP contribution in [0.2, 0.25) is 0 Å². The van der Waals surface area contributed by atoms with Crippen LogP contribution >= 0.6 is 0 Å². The van der Waals surface area contributed by atoms with Gasteiger partial charge in [0.15, 0.2) is 0 Å². The summed E-state index contributed by atoms with van der Waals surface area (Å²) in [7, 11) is 0. The van der Waals surface area contributed by atoms with E-state index in [2.05, 4.69) is 9.88 Å². The van der Waals surface area contributed by atoms with E-state index in [4.69, 9.17) is 4.42 Å². The molecule has 0 aliphatic carbocycles. The van der Waals surface area contributed by atoms with Crippen LogP contribution in [0.25, 0.3) is 0 Å². The van der Waals surface area contributed by atoms with Crippen molar-refractivity contribution < 1.29 is 9.52 Å². The largest absolute Gasteiger partial charge is 0.507 e. The molecule has 28 heavy (non-hydrogen) atoms. The summed E-state index contributed by atoms with van der Waals surface area (Å²) in [6.07, 6.45) is 8.45. The molecule has 4 heterocycles. The van der Waals surface area contributed by atoms with Gasteiger partial charge in [-0.25, -0.2) is 0 Å². The fourth-order valence-electron chi connectivity index (χ4n) is 4.06. The average molecular weight is 379 g/mol. The highest BCUT2D eigenvalue weighted by Gasteiger charge is 2.30. The quantitative estimate of drug-likeness (QED) is 0.735. The minimum absolute atomic E-state index is 0.0468. The molecule has 3 aromatic heterocycles. The SMILES string of the molecule is Cc1cc(O)c([C@@H](c2ccncc2)N2CCCCC2)c(=O)n1Cc1ccco1. The number of aromatic nitrogens is 2. The van der Waals surface area contributed by atoms with Crippen molar-refractivity contribution in [2.24, 2.45) is 0 Å². The Morgan fingerprint density at radius 1 is 1.18 bits per heavy atom. The molecule has 0 aromatic carbocycles. The van der Waals surface area contributed by atoms with Crippen molar-refractivity contribution >= 4 is 0 Å². The molecule has 146 valence electrons. The maximum absolute atomic E-state index is 13.5. The van der Waals surface area contributed by atoms with Crippen LogP contribution in [0.3, 0.4) is 0 Å². The first-order valence-electron chi connectivity index (χ1n) is 9.75. The summed E-state index contributed by atoms with van der Waals surface area (Å²) < 4.78 is 7.11. The Kier molecular flexibility index (Phi) is 5.30. The Hall–Kier alpha value is -2.86. The molecule has 1 atom stereocenters. The van der Waals surface area contributed by atoms with E-state index in [1.54, 1.807) is 29.3 Å². The van der Waals surface area contributed by atoms with Crippen LogP contribution in [-0.2, 0) is 6.54 Å². The summed E-state index contributed by atoms with van der Waals surface area (Å²) in [6.45, 7) is 3.97. The summed E-state index contributed by atoms with van der Waals surface area (Å²) in [5, 5.41) is 10.8. The van der Waals surface area contributed by atoms with E-state index in [9.17, 15) is 9.90 Å². The van der Waals surface area contributed by atoms with Gasteiger partial charge in [0.1, 0.15) is 11.5 Å². The van der Waals surface area contributed by atoms with E-state index >= 15 is 0 Å². The molecule has 1 aliphatic rings. The molecule has 6 nitrogen and oxygen atoms in total. The number of hydrogen-bond acceptors (Lipinski definition) is 5. The summed E-state index contributed by atoms with van der Waals surface area (Å²) in [6, 6.07) is 8.90. The Labute approximate surface area is 164 Å². The van der Waals surface area contributed by atoms with Crippen molar-refractivity contribution in [3.63, 3.8) is 0 Å². The van der Waals surface area contributed by atoms with Gasteiger partial charge in [-0.3, -0.25) is 14.7 Å². The molecule has 3 aromatic rings. The van der Waals surface area contributed by atoms with Gasteiger partial charge in [-0.1, -0.05) is 6.42 Å². The maximum Gasteiger partial charge on any atom is 0.260 e. The van der Waals surface area contributed by atoms with Crippen molar-refractivity contribution in [2.45, 2.75) is 38.8 Å². The molecule has 6 heteroatoms. The van der Waals surface area contributed by atoms with Crippen LogP contribution in [0.5, 0.6) is 5.75 Å². The molecule has 4 rings (SSSR count). The molecule has 1 fully saturated rings. The van der Waals surface area contributed by atoms with E-state index in [0.29, 0.717) is 23.6 Å². The van der Waals surface area contributed by atoms with Gasteiger partial charge in [0.25, 0.3) is 5.56 Å². The van der Waals surface area contributed by atoms with Crippen molar-refractivity contribution in [3.05, 3.63) is 81.9 Å². The van der Waals surface area contributed by atoms with E-state index in [0.717, 1.165) is 31.5 Å². The zero-order valence-electron chi connectivity index (χ0n) is 16.0. The van der Waals surface area contributed by atoms with Gasteiger partial charge in [-0.2, -0.15) is 0 Å². The van der Waals surface area contributed by atoms with Crippen molar-refractivity contribution in [2.75, 3.05) is 13.1 Å². The van der Waals surface area contributed by atoms with Crippen LogP contribution < -0.4 is 5.56 Å². The van der Waals surface area contributed by atoms with Crippen LogP contribution in [0.4, 0.5) is 0 Å². The molecule has 1 N–H and O–H groups in total.